The Morgan fingerprint density at radius 1 is 1.43 bits per heavy atom. The van der Waals surface area contributed by atoms with Gasteiger partial charge in [0.25, 0.3) is 5.97 Å². The molecule has 4 nitrogen and oxygen atoms in total. The van der Waals surface area contributed by atoms with Crippen LogP contribution in [0.25, 0.3) is 0 Å². The van der Waals surface area contributed by atoms with E-state index in [-0.39, 0.29) is 0 Å². The molecule has 0 spiro atoms. The molecule has 0 heterocycles. The second kappa shape index (κ2) is 1.75. The minimum atomic E-state index is -2.72. The lowest BCUT2D eigenvalue weighted by Crippen LogP contribution is -2.45. The molecule has 0 aromatic rings. The standard InChI is InChI=1S/C3H9NO3/c1-2(4)3(5,6)7/h2,5-7H,4H2,1H3. The van der Waals surface area contributed by atoms with Gasteiger partial charge < -0.3 is 21.1 Å². The van der Waals surface area contributed by atoms with Gasteiger partial charge in [0.2, 0.25) is 0 Å². The number of hydrogen-bond acceptors (Lipinski definition) is 4. The van der Waals surface area contributed by atoms with Crippen LogP contribution in [0.3, 0.4) is 0 Å². The molecule has 44 valence electrons. The normalized spacial score (nSPS) is 16.7. The molecule has 5 N–H and O–H groups in total. The Bertz CT molecular complexity index is 55.7. The molecular weight excluding hydrogens is 98.0 g/mol. The van der Waals surface area contributed by atoms with Crippen molar-refractivity contribution < 1.29 is 15.3 Å². The van der Waals surface area contributed by atoms with E-state index in [1.807, 2.05) is 0 Å². The van der Waals surface area contributed by atoms with Crippen LogP contribution in [0.15, 0.2) is 0 Å². The zero-order valence-electron chi connectivity index (χ0n) is 4.00. The van der Waals surface area contributed by atoms with Crippen LogP contribution in [-0.4, -0.2) is 27.3 Å². The van der Waals surface area contributed by atoms with E-state index >= 15 is 0 Å². The number of hydrogen-bond donors (Lipinski definition) is 4. The number of nitrogens with two attached hydrogens (primary N) is 1. The summed E-state index contributed by atoms with van der Waals surface area (Å²) >= 11 is 0. The van der Waals surface area contributed by atoms with E-state index in [2.05, 4.69) is 0 Å². The molecule has 0 fully saturated rings. The first-order chi connectivity index (χ1) is 2.94. The van der Waals surface area contributed by atoms with Gasteiger partial charge in [0.15, 0.2) is 0 Å². The molecule has 0 aliphatic carbocycles. The van der Waals surface area contributed by atoms with Gasteiger partial charge in [-0.15, -0.1) is 0 Å². The fourth-order valence-corrected chi connectivity index (χ4v) is 0. The lowest BCUT2D eigenvalue weighted by atomic mass is 10.3. The zero-order valence-corrected chi connectivity index (χ0v) is 4.00. The Kier molecular flexibility index (Phi) is 1.71. The van der Waals surface area contributed by atoms with Crippen LogP contribution >= 0.6 is 0 Å². The number of aliphatic hydroxyl groups is 3. The minimum Gasteiger partial charge on any atom is -0.342 e. The maximum Gasteiger partial charge on any atom is 0.291 e. The smallest absolute Gasteiger partial charge is 0.291 e. The second-order valence-electron chi connectivity index (χ2n) is 1.48. The highest BCUT2D eigenvalue weighted by Gasteiger charge is 2.23. The fourth-order valence-electron chi connectivity index (χ4n) is 0. The quantitative estimate of drug-likeness (QED) is 0.291. The molecule has 0 amide bonds. The van der Waals surface area contributed by atoms with Crippen LogP contribution in [0, 0.1) is 0 Å². The van der Waals surface area contributed by atoms with Crippen molar-refractivity contribution in [1.82, 2.24) is 0 Å². The predicted octanol–water partition coefficient (Wildman–Crippen LogP) is -2.04. The van der Waals surface area contributed by atoms with Gasteiger partial charge in [-0.25, -0.2) is 0 Å². The molecular formula is C3H9NO3. The summed E-state index contributed by atoms with van der Waals surface area (Å²) in [5, 5.41) is 24.2. The van der Waals surface area contributed by atoms with Crippen molar-refractivity contribution in [3.63, 3.8) is 0 Å². The third-order valence-electron chi connectivity index (χ3n) is 0.611. The molecule has 1 unspecified atom stereocenters. The van der Waals surface area contributed by atoms with Gasteiger partial charge in [0.05, 0.1) is 6.04 Å². The average Bonchev–Trinajstić information content (AvgIpc) is 1.31. The molecule has 7 heavy (non-hydrogen) atoms. The van der Waals surface area contributed by atoms with Crippen molar-refractivity contribution in [3.05, 3.63) is 0 Å². The van der Waals surface area contributed by atoms with E-state index in [9.17, 15) is 0 Å². The van der Waals surface area contributed by atoms with Crippen LogP contribution in [0.2, 0.25) is 0 Å². The van der Waals surface area contributed by atoms with E-state index in [4.69, 9.17) is 21.1 Å². The average molecular weight is 107 g/mol. The van der Waals surface area contributed by atoms with Gasteiger partial charge in [-0.1, -0.05) is 0 Å². The van der Waals surface area contributed by atoms with Crippen LogP contribution in [0.4, 0.5) is 0 Å². The monoisotopic (exact) mass is 107 g/mol. The molecule has 0 saturated carbocycles. The molecule has 0 saturated heterocycles. The summed E-state index contributed by atoms with van der Waals surface area (Å²) in [6, 6.07) is -1.03. The SMILES string of the molecule is CC(N)C(O)(O)O. The largest absolute Gasteiger partial charge is 0.342 e. The van der Waals surface area contributed by atoms with Crippen LogP contribution in [0.5, 0.6) is 0 Å². The number of rotatable bonds is 1. The third kappa shape index (κ3) is 2.52. The highest BCUT2D eigenvalue weighted by molar-refractivity contribution is 4.59. The van der Waals surface area contributed by atoms with Crippen LogP contribution < -0.4 is 5.73 Å². The fraction of sp³-hybridized carbons (Fsp3) is 1.00. The lowest BCUT2D eigenvalue weighted by Gasteiger charge is -2.16. The highest BCUT2D eigenvalue weighted by Crippen LogP contribution is 1.94. The lowest BCUT2D eigenvalue weighted by molar-refractivity contribution is -0.320. The van der Waals surface area contributed by atoms with Crippen molar-refractivity contribution in [1.29, 1.82) is 0 Å². The van der Waals surface area contributed by atoms with E-state index in [0.29, 0.717) is 0 Å². The topological polar surface area (TPSA) is 86.7 Å². The Hall–Kier alpha value is -0.160. The Balaban J connectivity index is 3.54. The summed E-state index contributed by atoms with van der Waals surface area (Å²) in [6.07, 6.45) is 0. The minimum absolute atomic E-state index is 1.03. The third-order valence-corrected chi connectivity index (χ3v) is 0.611. The van der Waals surface area contributed by atoms with Crippen molar-refractivity contribution in [2.45, 2.75) is 18.9 Å². The summed E-state index contributed by atoms with van der Waals surface area (Å²) in [6.45, 7) is 1.28. The summed E-state index contributed by atoms with van der Waals surface area (Å²) in [7, 11) is 0. The first kappa shape index (κ1) is 6.84. The van der Waals surface area contributed by atoms with E-state index in [1.54, 1.807) is 0 Å². The van der Waals surface area contributed by atoms with Gasteiger partial charge in [-0.2, -0.15) is 0 Å². The van der Waals surface area contributed by atoms with Crippen LogP contribution in [0.1, 0.15) is 6.92 Å². The molecule has 0 aliphatic rings. The van der Waals surface area contributed by atoms with Gasteiger partial charge in [0, 0.05) is 0 Å². The summed E-state index contributed by atoms with van der Waals surface area (Å²) < 4.78 is 0. The van der Waals surface area contributed by atoms with Crippen molar-refractivity contribution >= 4 is 0 Å². The Labute approximate surface area is 41.2 Å². The Morgan fingerprint density at radius 3 is 1.57 bits per heavy atom. The van der Waals surface area contributed by atoms with Gasteiger partial charge in [0.1, 0.15) is 0 Å². The second-order valence-corrected chi connectivity index (χ2v) is 1.48. The van der Waals surface area contributed by atoms with Gasteiger partial charge >= 0.3 is 0 Å². The molecule has 0 aromatic heterocycles. The van der Waals surface area contributed by atoms with Crippen molar-refractivity contribution in [2.24, 2.45) is 5.73 Å². The summed E-state index contributed by atoms with van der Waals surface area (Å²) in [4.78, 5) is 0. The molecule has 0 aromatic carbocycles. The van der Waals surface area contributed by atoms with Gasteiger partial charge in [-0.05, 0) is 6.92 Å². The molecule has 4 heteroatoms. The van der Waals surface area contributed by atoms with Crippen LogP contribution in [-0.2, 0) is 0 Å². The van der Waals surface area contributed by atoms with E-state index in [0.717, 1.165) is 0 Å². The zero-order chi connectivity index (χ0) is 6.08. The molecule has 0 rings (SSSR count). The first-order valence-electron chi connectivity index (χ1n) is 1.87. The molecule has 0 aliphatic heterocycles. The summed E-state index contributed by atoms with van der Waals surface area (Å²) in [5.41, 5.74) is 4.82. The maximum absolute atomic E-state index is 8.08. The van der Waals surface area contributed by atoms with Crippen molar-refractivity contribution in [2.75, 3.05) is 0 Å². The van der Waals surface area contributed by atoms with Gasteiger partial charge in [-0.3, -0.25) is 0 Å². The first-order valence-corrected chi connectivity index (χ1v) is 1.87. The Morgan fingerprint density at radius 2 is 1.57 bits per heavy atom. The molecule has 0 bridgehead atoms. The maximum atomic E-state index is 8.08. The predicted molar refractivity (Wildman–Crippen MR) is 23.0 cm³/mol. The van der Waals surface area contributed by atoms with E-state index in [1.165, 1.54) is 6.92 Å². The molecule has 1 atom stereocenters. The highest BCUT2D eigenvalue weighted by atomic mass is 16.7. The molecule has 0 radical (unpaired) electrons. The summed E-state index contributed by atoms with van der Waals surface area (Å²) in [5.74, 6) is -2.72. The van der Waals surface area contributed by atoms with E-state index < -0.39 is 12.0 Å². The van der Waals surface area contributed by atoms with Crippen molar-refractivity contribution in [3.8, 4) is 0 Å².